The Kier molecular flexibility index (Phi) is 21.3. The van der Waals surface area contributed by atoms with E-state index >= 15 is 0 Å². The van der Waals surface area contributed by atoms with Gasteiger partial charge < -0.3 is 78.7 Å². The van der Waals surface area contributed by atoms with Gasteiger partial charge in [0.2, 0.25) is 0 Å². The van der Waals surface area contributed by atoms with Crippen LogP contribution in [0.1, 0.15) is 23.6 Å². The van der Waals surface area contributed by atoms with Crippen molar-refractivity contribution in [2.45, 2.75) is 74.1 Å². The van der Waals surface area contributed by atoms with Crippen LogP contribution >= 0.6 is 0 Å². The molecule has 8 N–H and O–H groups in total. The van der Waals surface area contributed by atoms with E-state index in [2.05, 4.69) is 30.4 Å². The van der Waals surface area contributed by atoms with Crippen molar-refractivity contribution in [3.63, 3.8) is 0 Å². The van der Waals surface area contributed by atoms with E-state index in [1.165, 1.54) is 9.36 Å². The second-order valence-corrected chi connectivity index (χ2v) is 14.7. The molecule has 3 aliphatic rings. The molecule has 5 heterocycles. The number of nitrogens with zero attached hydrogens (tertiary/aromatic N) is 8. The summed E-state index contributed by atoms with van der Waals surface area (Å²) in [5.74, 6) is 0. The van der Waals surface area contributed by atoms with E-state index in [9.17, 15) is 40.9 Å². The molecule has 0 spiro atoms. The minimum atomic E-state index is -1.48. The summed E-state index contributed by atoms with van der Waals surface area (Å²) in [5.41, 5.74) is 0.552. The van der Waals surface area contributed by atoms with Gasteiger partial charge in [-0.25, -0.2) is 9.36 Å². The van der Waals surface area contributed by atoms with Gasteiger partial charge in [-0.15, -0.1) is 10.2 Å². The summed E-state index contributed by atoms with van der Waals surface area (Å²) in [5, 5.41) is 95.1. The van der Waals surface area contributed by atoms with Gasteiger partial charge in [-0.05, 0) is 0 Å². The van der Waals surface area contributed by atoms with Crippen molar-refractivity contribution in [2.75, 3.05) is 132 Å². The summed E-state index contributed by atoms with van der Waals surface area (Å²) >= 11 is 0. The predicted molar refractivity (Wildman–Crippen MR) is 203 cm³/mol. The molecule has 3 saturated heterocycles. The standard InChI is InChI=1S/C36H64N8O16/c45-23-27-29(47)31(49)33(51)35(59-27)25-21-43(39-37-25)7-11-55-15-19-57-17-13-53-9-5-41-1-2-42(4-3-41)6-10-54-14-18-58-20-16-56-12-8-44-22-26(38-40-44)36-34(52)32(50)30(48)28(24-46)60-36/h21-22,27-36,45-52H,1-20,23-24H2/t27-,28-,29+,30+,31+,32+,33-,34-,35+,36+/m1/s1. The average molecular weight is 865 g/mol. The highest BCUT2D eigenvalue weighted by molar-refractivity contribution is 5.07. The first-order valence-corrected chi connectivity index (χ1v) is 20.5. The van der Waals surface area contributed by atoms with Crippen molar-refractivity contribution in [1.82, 2.24) is 39.8 Å². The monoisotopic (exact) mass is 864 g/mol. The summed E-state index contributed by atoms with van der Waals surface area (Å²) in [4.78, 5) is 4.77. The van der Waals surface area contributed by atoms with Gasteiger partial charge in [-0.2, -0.15) is 0 Å². The van der Waals surface area contributed by atoms with Crippen molar-refractivity contribution < 1.29 is 78.7 Å². The smallest absolute Gasteiger partial charge is 0.132 e. The van der Waals surface area contributed by atoms with Crippen LogP contribution in [-0.4, -0.2) is 261 Å². The summed E-state index contributed by atoms with van der Waals surface area (Å²) in [7, 11) is 0. The normalized spacial score (nSPS) is 29.4. The van der Waals surface area contributed by atoms with E-state index in [-0.39, 0.29) is 11.4 Å². The maximum atomic E-state index is 10.3. The first-order chi connectivity index (χ1) is 29.2. The molecular formula is C36H64N8O16. The highest BCUT2D eigenvalue weighted by atomic mass is 16.6. The van der Waals surface area contributed by atoms with Gasteiger partial charge in [-0.3, -0.25) is 9.80 Å². The van der Waals surface area contributed by atoms with Gasteiger partial charge in [0.1, 0.15) is 72.4 Å². The fraction of sp³-hybridized carbons (Fsp3) is 0.889. The Hall–Kier alpha value is -2.44. The fourth-order valence-electron chi connectivity index (χ4n) is 6.82. The quantitative estimate of drug-likeness (QED) is 0.0370. The zero-order chi connectivity index (χ0) is 42.7. The molecule has 0 aromatic carbocycles. The predicted octanol–water partition coefficient (Wildman–Crippen LogP) is -5.68. The maximum Gasteiger partial charge on any atom is 0.132 e. The lowest BCUT2D eigenvalue weighted by atomic mass is 9.94. The number of hydrogen-bond donors (Lipinski definition) is 8. The van der Waals surface area contributed by atoms with Crippen LogP contribution in [0.2, 0.25) is 0 Å². The van der Waals surface area contributed by atoms with E-state index < -0.39 is 74.3 Å². The van der Waals surface area contributed by atoms with Crippen molar-refractivity contribution >= 4 is 0 Å². The molecule has 60 heavy (non-hydrogen) atoms. The Balaban J connectivity index is 0.762. The largest absolute Gasteiger partial charge is 0.394 e. The lowest BCUT2D eigenvalue weighted by Crippen LogP contribution is -2.55. The van der Waals surface area contributed by atoms with Gasteiger partial charge in [-0.1, -0.05) is 10.4 Å². The molecule has 10 atom stereocenters. The molecule has 3 fully saturated rings. The van der Waals surface area contributed by atoms with E-state index in [1.54, 1.807) is 12.4 Å². The zero-order valence-electron chi connectivity index (χ0n) is 33.9. The Morgan fingerprint density at radius 1 is 0.450 bits per heavy atom. The number of piperazine rings is 1. The third kappa shape index (κ3) is 14.8. The molecular weight excluding hydrogens is 800 g/mol. The van der Waals surface area contributed by atoms with Crippen LogP contribution < -0.4 is 0 Å². The average Bonchev–Trinajstić information content (AvgIpc) is 3.94. The number of rotatable bonds is 28. The fourth-order valence-corrected chi connectivity index (χ4v) is 6.82. The first kappa shape index (κ1) is 48.6. The second-order valence-electron chi connectivity index (χ2n) is 14.7. The van der Waals surface area contributed by atoms with Gasteiger partial charge in [0, 0.05) is 39.3 Å². The molecule has 0 amide bonds. The molecule has 3 aliphatic heterocycles. The Morgan fingerprint density at radius 3 is 1.10 bits per heavy atom. The molecule has 0 aliphatic carbocycles. The number of aromatic nitrogens is 6. The zero-order valence-corrected chi connectivity index (χ0v) is 33.9. The molecule has 5 rings (SSSR count). The third-order valence-electron chi connectivity index (χ3n) is 10.5. The summed E-state index contributed by atoms with van der Waals surface area (Å²) in [6.07, 6.45) is -9.61. The van der Waals surface area contributed by atoms with Crippen LogP contribution in [0, 0.1) is 0 Å². The van der Waals surface area contributed by atoms with Crippen molar-refractivity contribution in [2.24, 2.45) is 0 Å². The lowest BCUT2D eigenvalue weighted by molar-refractivity contribution is -0.232. The van der Waals surface area contributed by atoms with Crippen molar-refractivity contribution in [3.05, 3.63) is 23.8 Å². The molecule has 24 nitrogen and oxygen atoms in total. The maximum absolute atomic E-state index is 10.3. The molecule has 0 saturated carbocycles. The van der Waals surface area contributed by atoms with Gasteiger partial charge in [0.25, 0.3) is 0 Å². The van der Waals surface area contributed by atoms with Crippen LogP contribution in [-0.2, 0) is 51.0 Å². The molecule has 0 radical (unpaired) electrons. The van der Waals surface area contributed by atoms with Crippen LogP contribution in [0.5, 0.6) is 0 Å². The summed E-state index contributed by atoms with van der Waals surface area (Å²) in [6, 6.07) is 0. The van der Waals surface area contributed by atoms with Gasteiger partial charge >= 0.3 is 0 Å². The van der Waals surface area contributed by atoms with Gasteiger partial charge in [0.05, 0.1) is 118 Å². The molecule has 0 unspecified atom stereocenters. The first-order valence-electron chi connectivity index (χ1n) is 20.5. The molecule has 24 heteroatoms. The van der Waals surface area contributed by atoms with Crippen molar-refractivity contribution in [3.8, 4) is 0 Å². The SMILES string of the molecule is OC[C@H]1O[C@@H](c2cn(CCOCCOCCOCCN3CCN(CCOCCOCCOCCn4cc([C@@H]5O[C@H](CO)[C@H](O)[C@H](O)[C@H]5O)nn4)CC3)nn2)[C@H](O)[C@@H](O)[C@H]1O. The Bertz CT molecular complexity index is 1330. The van der Waals surface area contributed by atoms with E-state index in [1.807, 2.05) is 0 Å². The summed E-state index contributed by atoms with van der Waals surface area (Å²) in [6.45, 7) is 10.9. The lowest BCUT2D eigenvalue weighted by Gasteiger charge is -2.39. The van der Waals surface area contributed by atoms with E-state index in [4.69, 9.17) is 37.9 Å². The molecule has 2 aromatic rings. The topological polar surface area (TPSA) is 304 Å². The van der Waals surface area contributed by atoms with Crippen LogP contribution in [0.4, 0.5) is 0 Å². The molecule has 344 valence electrons. The Labute approximate surface area is 348 Å². The Morgan fingerprint density at radius 2 is 0.767 bits per heavy atom. The summed E-state index contributed by atoms with van der Waals surface area (Å²) < 4.78 is 47.9. The highest BCUT2D eigenvalue weighted by Gasteiger charge is 2.46. The number of aliphatic hydroxyl groups is 8. The third-order valence-corrected chi connectivity index (χ3v) is 10.5. The van der Waals surface area contributed by atoms with E-state index in [0.29, 0.717) is 92.4 Å². The van der Waals surface area contributed by atoms with Crippen molar-refractivity contribution in [1.29, 1.82) is 0 Å². The number of aliphatic hydroxyl groups excluding tert-OH is 8. The minimum absolute atomic E-state index is 0.276. The number of ether oxygens (including phenoxy) is 8. The van der Waals surface area contributed by atoms with E-state index in [0.717, 1.165) is 39.3 Å². The molecule has 2 aromatic heterocycles. The minimum Gasteiger partial charge on any atom is -0.394 e. The van der Waals surface area contributed by atoms with Crippen LogP contribution in [0.15, 0.2) is 12.4 Å². The van der Waals surface area contributed by atoms with Gasteiger partial charge in [0.15, 0.2) is 0 Å². The molecule has 0 bridgehead atoms. The van der Waals surface area contributed by atoms with Crippen LogP contribution in [0.3, 0.4) is 0 Å². The second kappa shape index (κ2) is 26.2. The number of hydrogen-bond acceptors (Lipinski definition) is 22. The van der Waals surface area contributed by atoms with Crippen LogP contribution in [0.25, 0.3) is 0 Å². The highest BCUT2D eigenvalue weighted by Crippen LogP contribution is 2.32.